The van der Waals surface area contributed by atoms with Crippen LogP contribution in [-0.4, -0.2) is 36.1 Å². The third-order valence-corrected chi connectivity index (χ3v) is 2.72. The molecule has 6 nitrogen and oxygen atoms in total. The summed E-state index contributed by atoms with van der Waals surface area (Å²) in [5, 5.41) is 14.7. The van der Waals surface area contributed by atoms with Crippen molar-refractivity contribution in [1.29, 1.82) is 0 Å². The minimum Gasteiger partial charge on any atom is -0.478 e. The molecule has 0 atom stereocenters. The highest BCUT2D eigenvalue weighted by atomic mass is 16.4. The first-order valence-corrected chi connectivity index (χ1v) is 6.00. The van der Waals surface area contributed by atoms with E-state index in [0.717, 1.165) is 19.2 Å². The van der Waals surface area contributed by atoms with Crippen LogP contribution in [0.3, 0.4) is 0 Å². The number of hydrogen-bond donors (Lipinski definition) is 3. The molecule has 0 unspecified atom stereocenters. The number of carboxylic acids is 1. The van der Waals surface area contributed by atoms with Crippen molar-refractivity contribution >= 4 is 11.9 Å². The van der Waals surface area contributed by atoms with Gasteiger partial charge in [-0.1, -0.05) is 0 Å². The second-order valence-corrected chi connectivity index (χ2v) is 4.34. The lowest BCUT2D eigenvalue weighted by Gasteiger charge is -2.03. The quantitative estimate of drug-likeness (QED) is 0.626. The van der Waals surface area contributed by atoms with Crippen molar-refractivity contribution in [1.82, 2.24) is 10.6 Å². The van der Waals surface area contributed by atoms with Gasteiger partial charge < -0.3 is 20.2 Å². The first-order chi connectivity index (χ1) is 8.66. The zero-order chi connectivity index (χ0) is 13.0. The highest BCUT2D eigenvalue weighted by Gasteiger charge is 2.19. The molecule has 0 aromatic carbocycles. The van der Waals surface area contributed by atoms with Gasteiger partial charge in [-0.3, -0.25) is 4.79 Å². The lowest BCUT2D eigenvalue weighted by Crippen LogP contribution is -2.27. The zero-order valence-electron chi connectivity index (χ0n) is 9.94. The summed E-state index contributed by atoms with van der Waals surface area (Å²) in [6, 6.07) is 1.89. The van der Waals surface area contributed by atoms with Crippen LogP contribution >= 0.6 is 0 Å². The second-order valence-electron chi connectivity index (χ2n) is 4.34. The minimum atomic E-state index is -1.11. The van der Waals surface area contributed by atoms with E-state index in [-0.39, 0.29) is 17.2 Å². The lowest BCUT2D eigenvalue weighted by atomic mass is 10.3. The summed E-state index contributed by atoms with van der Waals surface area (Å²) >= 11 is 0. The van der Waals surface area contributed by atoms with Crippen LogP contribution in [0.15, 0.2) is 16.7 Å². The van der Waals surface area contributed by atoms with Crippen LogP contribution < -0.4 is 10.6 Å². The van der Waals surface area contributed by atoms with Gasteiger partial charge in [-0.25, -0.2) is 4.79 Å². The Balaban J connectivity index is 1.67. The number of nitrogens with one attached hydrogen (secondary N) is 2. The molecule has 1 heterocycles. The molecule has 0 radical (unpaired) electrons. The standard InChI is InChI=1S/C12H16N2O4/c15-11(10-6-8(7-18-10)12(16)17)14-5-1-4-13-9-2-3-9/h6-7,9,13H,1-5H2,(H,14,15)(H,16,17). The number of hydrogen-bond acceptors (Lipinski definition) is 4. The number of carboxylic acid groups (broad SMARTS) is 1. The number of aromatic carboxylic acids is 1. The second kappa shape index (κ2) is 5.68. The fourth-order valence-electron chi connectivity index (χ4n) is 1.54. The molecule has 98 valence electrons. The largest absolute Gasteiger partial charge is 0.478 e. The summed E-state index contributed by atoms with van der Waals surface area (Å²) in [6.45, 7) is 1.42. The molecule has 1 aromatic rings. The van der Waals surface area contributed by atoms with Gasteiger partial charge in [0.15, 0.2) is 5.76 Å². The van der Waals surface area contributed by atoms with Gasteiger partial charge in [0.1, 0.15) is 6.26 Å². The molecule has 0 aliphatic heterocycles. The maximum atomic E-state index is 11.6. The van der Waals surface area contributed by atoms with Crippen molar-refractivity contribution in [2.45, 2.75) is 25.3 Å². The summed E-state index contributed by atoms with van der Waals surface area (Å²) in [5.41, 5.74) is -0.0180. The Kier molecular flexibility index (Phi) is 3.99. The topological polar surface area (TPSA) is 91.6 Å². The van der Waals surface area contributed by atoms with Crippen LogP contribution in [0.4, 0.5) is 0 Å². The molecule has 3 N–H and O–H groups in total. The summed E-state index contributed by atoms with van der Waals surface area (Å²) in [7, 11) is 0. The van der Waals surface area contributed by atoms with Crippen molar-refractivity contribution < 1.29 is 19.1 Å². The van der Waals surface area contributed by atoms with Crippen molar-refractivity contribution in [2.75, 3.05) is 13.1 Å². The molecule has 1 aliphatic rings. The van der Waals surface area contributed by atoms with E-state index in [4.69, 9.17) is 9.52 Å². The highest BCUT2D eigenvalue weighted by molar-refractivity contribution is 5.95. The van der Waals surface area contributed by atoms with Gasteiger partial charge in [-0.05, 0) is 25.8 Å². The summed E-state index contributed by atoms with van der Waals surface area (Å²) < 4.78 is 4.88. The van der Waals surface area contributed by atoms with Crippen molar-refractivity contribution in [2.24, 2.45) is 0 Å². The van der Waals surface area contributed by atoms with Gasteiger partial charge in [0.2, 0.25) is 0 Å². The molecule has 1 saturated carbocycles. The maximum absolute atomic E-state index is 11.6. The number of rotatable bonds is 7. The van der Waals surface area contributed by atoms with E-state index in [9.17, 15) is 9.59 Å². The van der Waals surface area contributed by atoms with Gasteiger partial charge in [0, 0.05) is 18.7 Å². The Bertz CT molecular complexity index is 437. The van der Waals surface area contributed by atoms with Crippen molar-refractivity contribution in [3.05, 3.63) is 23.7 Å². The van der Waals surface area contributed by atoms with Crippen molar-refractivity contribution in [3.63, 3.8) is 0 Å². The molecular formula is C12H16N2O4. The van der Waals surface area contributed by atoms with Gasteiger partial charge in [-0.15, -0.1) is 0 Å². The maximum Gasteiger partial charge on any atom is 0.338 e. The van der Waals surface area contributed by atoms with Gasteiger partial charge in [0.25, 0.3) is 5.91 Å². The third kappa shape index (κ3) is 3.59. The van der Waals surface area contributed by atoms with Crippen LogP contribution in [0.25, 0.3) is 0 Å². The van der Waals surface area contributed by atoms with E-state index in [1.54, 1.807) is 0 Å². The average molecular weight is 252 g/mol. The Labute approximate surface area is 104 Å². The number of carbonyl (C=O) groups is 2. The number of amides is 1. The fraction of sp³-hybridized carbons (Fsp3) is 0.500. The lowest BCUT2D eigenvalue weighted by molar-refractivity contribution is 0.0696. The van der Waals surface area contributed by atoms with Crippen LogP contribution in [-0.2, 0) is 0 Å². The van der Waals surface area contributed by atoms with Crippen LogP contribution in [0.1, 0.15) is 40.2 Å². The van der Waals surface area contributed by atoms with E-state index in [2.05, 4.69) is 10.6 Å². The molecule has 1 aliphatic carbocycles. The van der Waals surface area contributed by atoms with Crippen LogP contribution in [0.5, 0.6) is 0 Å². The first-order valence-electron chi connectivity index (χ1n) is 6.00. The van der Waals surface area contributed by atoms with Crippen LogP contribution in [0, 0.1) is 0 Å². The minimum absolute atomic E-state index is 0.0180. The molecule has 1 amide bonds. The molecule has 18 heavy (non-hydrogen) atoms. The molecule has 6 heteroatoms. The monoisotopic (exact) mass is 252 g/mol. The Morgan fingerprint density at radius 1 is 1.39 bits per heavy atom. The van der Waals surface area contributed by atoms with Gasteiger partial charge >= 0.3 is 5.97 Å². The van der Waals surface area contributed by atoms with Gasteiger partial charge in [-0.2, -0.15) is 0 Å². The summed E-state index contributed by atoms with van der Waals surface area (Å²) in [4.78, 5) is 22.2. The molecule has 2 rings (SSSR count). The molecule has 1 fully saturated rings. The SMILES string of the molecule is O=C(O)c1coc(C(=O)NCCCNC2CC2)c1. The molecule has 0 saturated heterocycles. The first kappa shape index (κ1) is 12.6. The third-order valence-electron chi connectivity index (χ3n) is 2.72. The zero-order valence-corrected chi connectivity index (χ0v) is 9.94. The van der Waals surface area contributed by atoms with E-state index in [1.807, 2.05) is 0 Å². The van der Waals surface area contributed by atoms with E-state index in [1.165, 1.54) is 18.9 Å². The Morgan fingerprint density at radius 2 is 2.17 bits per heavy atom. The highest BCUT2D eigenvalue weighted by Crippen LogP contribution is 2.18. The van der Waals surface area contributed by atoms with E-state index >= 15 is 0 Å². The summed E-state index contributed by atoms with van der Waals surface area (Å²) in [6.07, 6.45) is 4.40. The Hall–Kier alpha value is -1.82. The molecular weight excluding hydrogens is 236 g/mol. The summed E-state index contributed by atoms with van der Waals surface area (Å²) in [5.74, 6) is -1.46. The van der Waals surface area contributed by atoms with E-state index < -0.39 is 5.97 Å². The van der Waals surface area contributed by atoms with Crippen molar-refractivity contribution in [3.8, 4) is 0 Å². The molecule has 0 spiro atoms. The van der Waals surface area contributed by atoms with Crippen LogP contribution in [0.2, 0.25) is 0 Å². The predicted molar refractivity (Wildman–Crippen MR) is 63.6 cm³/mol. The predicted octanol–water partition coefficient (Wildman–Crippen LogP) is 0.850. The Morgan fingerprint density at radius 3 is 2.78 bits per heavy atom. The van der Waals surface area contributed by atoms with E-state index in [0.29, 0.717) is 12.6 Å². The number of carbonyl (C=O) groups excluding carboxylic acids is 1. The average Bonchev–Trinajstić information content (AvgIpc) is 3.02. The normalized spacial score (nSPS) is 14.4. The molecule has 0 bridgehead atoms. The van der Waals surface area contributed by atoms with Gasteiger partial charge in [0.05, 0.1) is 5.56 Å². The fourth-order valence-corrected chi connectivity index (χ4v) is 1.54. The smallest absolute Gasteiger partial charge is 0.338 e. The molecule has 1 aromatic heterocycles. The number of furan rings is 1.